The normalized spacial score (nSPS) is 12.0. The fraction of sp³-hybridized carbons (Fsp3) is 0.481. The van der Waals surface area contributed by atoms with Crippen molar-refractivity contribution < 1.29 is 14.3 Å². The Morgan fingerprint density at radius 1 is 0.938 bits per heavy atom. The van der Waals surface area contributed by atoms with Crippen molar-refractivity contribution >= 4 is 11.8 Å². The Labute approximate surface area is 193 Å². The maximum Gasteiger partial charge on any atom is 0.243 e. The van der Waals surface area contributed by atoms with E-state index in [1.54, 1.807) is 12.0 Å². The van der Waals surface area contributed by atoms with Crippen LogP contribution in [0.5, 0.6) is 5.75 Å². The van der Waals surface area contributed by atoms with Gasteiger partial charge in [0.2, 0.25) is 11.8 Å². The molecule has 1 N–H and O–H groups in total. The molecule has 0 unspecified atom stereocenters. The van der Waals surface area contributed by atoms with E-state index in [1.165, 1.54) is 5.56 Å². The second-order valence-corrected chi connectivity index (χ2v) is 8.85. The number of benzene rings is 2. The number of carbonyl (C=O) groups excluding carboxylic acids is 2. The van der Waals surface area contributed by atoms with Crippen LogP contribution in [0.3, 0.4) is 0 Å². The van der Waals surface area contributed by atoms with Gasteiger partial charge in [0.25, 0.3) is 0 Å². The van der Waals surface area contributed by atoms with Crippen LogP contribution in [0.2, 0.25) is 0 Å². The fourth-order valence-electron chi connectivity index (χ4n) is 3.69. The lowest BCUT2D eigenvalue weighted by Gasteiger charge is -2.31. The molecule has 32 heavy (non-hydrogen) atoms. The molecule has 1 atom stereocenters. The summed E-state index contributed by atoms with van der Waals surface area (Å²) in [4.78, 5) is 27.9. The Hall–Kier alpha value is -2.82. The molecule has 0 bridgehead atoms. The first-order chi connectivity index (χ1) is 15.2. The summed E-state index contributed by atoms with van der Waals surface area (Å²) in [6, 6.07) is 15.6. The van der Waals surface area contributed by atoms with Crippen LogP contribution >= 0.6 is 0 Å². The van der Waals surface area contributed by atoms with Crippen LogP contribution in [0.25, 0.3) is 0 Å². The lowest BCUT2D eigenvalue weighted by molar-refractivity contribution is -0.141. The van der Waals surface area contributed by atoms with Crippen LogP contribution < -0.4 is 10.1 Å². The molecule has 0 saturated carbocycles. The zero-order valence-electron chi connectivity index (χ0n) is 20.4. The summed E-state index contributed by atoms with van der Waals surface area (Å²) >= 11 is 0. The van der Waals surface area contributed by atoms with E-state index in [9.17, 15) is 9.59 Å². The molecule has 174 valence electrons. The van der Waals surface area contributed by atoms with E-state index < -0.39 is 6.04 Å². The number of hydrogen-bond acceptors (Lipinski definition) is 3. The minimum absolute atomic E-state index is 0.0143. The van der Waals surface area contributed by atoms with Gasteiger partial charge in [-0.15, -0.1) is 0 Å². The molecule has 0 saturated heterocycles. The van der Waals surface area contributed by atoms with Gasteiger partial charge < -0.3 is 15.0 Å². The van der Waals surface area contributed by atoms with Gasteiger partial charge >= 0.3 is 0 Å². The van der Waals surface area contributed by atoms with Crippen LogP contribution in [0.4, 0.5) is 0 Å². The molecule has 2 aromatic carbocycles. The number of aryl methyl sites for hydroxylation is 1. The summed E-state index contributed by atoms with van der Waals surface area (Å²) in [5.41, 5.74) is 3.39. The highest BCUT2D eigenvalue weighted by atomic mass is 16.5. The largest absolute Gasteiger partial charge is 0.497 e. The molecule has 0 radical (unpaired) electrons. The van der Waals surface area contributed by atoms with Gasteiger partial charge in [-0.25, -0.2) is 0 Å². The second-order valence-electron chi connectivity index (χ2n) is 8.85. The van der Waals surface area contributed by atoms with Crippen molar-refractivity contribution in [1.82, 2.24) is 10.2 Å². The van der Waals surface area contributed by atoms with Gasteiger partial charge in [0.05, 0.1) is 7.11 Å². The minimum atomic E-state index is -0.504. The molecule has 2 aromatic rings. The molecule has 0 fully saturated rings. The molecular weight excluding hydrogens is 400 g/mol. The van der Waals surface area contributed by atoms with Crippen molar-refractivity contribution in [2.45, 2.75) is 78.4 Å². The predicted molar refractivity (Wildman–Crippen MR) is 130 cm³/mol. The van der Waals surface area contributed by atoms with Crippen molar-refractivity contribution in [3.63, 3.8) is 0 Å². The number of nitrogens with zero attached hydrogens (tertiary/aromatic N) is 1. The van der Waals surface area contributed by atoms with E-state index in [4.69, 9.17) is 4.74 Å². The van der Waals surface area contributed by atoms with Gasteiger partial charge in [-0.05, 0) is 61.4 Å². The lowest BCUT2D eigenvalue weighted by atomic mass is 10.00. The topological polar surface area (TPSA) is 58.6 Å². The van der Waals surface area contributed by atoms with Crippen molar-refractivity contribution in [1.29, 1.82) is 0 Å². The third-order valence-electron chi connectivity index (χ3n) is 5.60. The number of ether oxygens (including phenoxy) is 1. The van der Waals surface area contributed by atoms with Crippen LogP contribution in [0, 0.1) is 0 Å². The molecule has 2 rings (SSSR count). The quantitative estimate of drug-likeness (QED) is 0.532. The Balaban J connectivity index is 2.18. The lowest BCUT2D eigenvalue weighted by Crippen LogP contribution is -2.50. The predicted octanol–water partition coefficient (Wildman–Crippen LogP) is 5.08. The number of methoxy groups -OCH3 is 1. The number of carbonyl (C=O) groups is 2. The molecule has 2 amide bonds. The van der Waals surface area contributed by atoms with Crippen LogP contribution in [0.15, 0.2) is 48.5 Å². The highest BCUT2D eigenvalue weighted by Gasteiger charge is 2.28. The van der Waals surface area contributed by atoms with Crippen LogP contribution in [-0.2, 0) is 22.6 Å². The third kappa shape index (κ3) is 7.40. The Morgan fingerprint density at radius 3 is 2.03 bits per heavy atom. The first-order valence-electron chi connectivity index (χ1n) is 11.6. The van der Waals surface area contributed by atoms with Crippen molar-refractivity contribution in [2.75, 3.05) is 7.11 Å². The Morgan fingerprint density at radius 2 is 1.53 bits per heavy atom. The summed E-state index contributed by atoms with van der Waals surface area (Å²) < 4.78 is 5.24. The van der Waals surface area contributed by atoms with E-state index in [0.717, 1.165) is 16.9 Å². The average molecular weight is 439 g/mol. The van der Waals surface area contributed by atoms with Gasteiger partial charge in [0.1, 0.15) is 11.8 Å². The number of amides is 2. The highest BCUT2D eigenvalue weighted by Crippen LogP contribution is 2.19. The number of hydrogen-bond donors (Lipinski definition) is 1. The van der Waals surface area contributed by atoms with Crippen molar-refractivity contribution in [3.8, 4) is 5.75 Å². The van der Waals surface area contributed by atoms with Crippen LogP contribution in [0.1, 0.15) is 70.1 Å². The zero-order chi connectivity index (χ0) is 23.7. The van der Waals surface area contributed by atoms with E-state index in [-0.39, 0.29) is 17.9 Å². The maximum absolute atomic E-state index is 13.3. The van der Waals surface area contributed by atoms with Crippen molar-refractivity contribution in [3.05, 3.63) is 65.2 Å². The highest BCUT2D eigenvalue weighted by molar-refractivity contribution is 5.87. The number of rotatable bonds is 11. The van der Waals surface area contributed by atoms with Crippen LogP contribution in [-0.4, -0.2) is 35.9 Å². The van der Waals surface area contributed by atoms with E-state index in [0.29, 0.717) is 31.7 Å². The fourth-order valence-corrected chi connectivity index (χ4v) is 3.69. The molecule has 0 aliphatic carbocycles. The van der Waals surface area contributed by atoms with E-state index >= 15 is 0 Å². The monoisotopic (exact) mass is 438 g/mol. The standard InChI is InChI=1S/C27H38N2O3/c1-7-25(27(31)28-20(4)5)29(18-22-10-15-24(32-6)16-11-22)26(30)17-12-21-8-13-23(14-9-21)19(2)3/h8-11,13-16,19-20,25H,7,12,17-18H2,1-6H3,(H,28,31)/t25-/m0/s1. The number of nitrogens with one attached hydrogen (secondary N) is 1. The molecule has 0 aromatic heterocycles. The second kappa shape index (κ2) is 12.3. The van der Waals surface area contributed by atoms with Gasteiger partial charge in [0, 0.05) is 19.0 Å². The molecule has 5 nitrogen and oxygen atoms in total. The third-order valence-corrected chi connectivity index (χ3v) is 5.60. The molecule has 5 heteroatoms. The molecular formula is C27H38N2O3. The molecule has 0 aliphatic rings. The van der Waals surface area contributed by atoms with Gasteiger partial charge in [0.15, 0.2) is 0 Å². The summed E-state index contributed by atoms with van der Waals surface area (Å²) in [6.07, 6.45) is 1.57. The molecule has 0 spiro atoms. The maximum atomic E-state index is 13.3. The first kappa shape index (κ1) is 25.4. The minimum Gasteiger partial charge on any atom is -0.497 e. The molecule has 0 heterocycles. The summed E-state index contributed by atoms with van der Waals surface area (Å²) in [7, 11) is 1.63. The van der Waals surface area contributed by atoms with E-state index in [2.05, 4.69) is 43.4 Å². The smallest absolute Gasteiger partial charge is 0.243 e. The summed E-state index contributed by atoms with van der Waals surface area (Å²) in [6.45, 7) is 10.5. The van der Waals surface area contributed by atoms with E-state index in [1.807, 2.05) is 45.0 Å². The first-order valence-corrected chi connectivity index (χ1v) is 11.6. The zero-order valence-corrected chi connectivity index (χ0v) is 20.4. The SMILES string of the molecule is CC[C@@H](C(=O)NC(C)C)N(Cc1ccc(OC)cc1)C(=O)CCc1ccc(C(C)C)cc1. The summed E-state index contributed by atoms with van der Waals surface area (Å²) in [5, 5.41) is 2.97. The molecule has 0 aliphatic heterocycles. The summed E-state index contributed by atoms with van der Waals surface area (Å²) in [5.74, 6) is 1.13. The Kier molecular flexibility index (Phi) is 9.76. The van der Waals surface area contributed by atoms with Gasteiger partial charge in [-0.2, -0.15) is 0 Å². The Bertz CT molecular complexity index is 857. The van der Waals surface area contributed by atoms with Gasteiger partial charge in [-0.1, -0.05) is 57.2 Å². The van der Waals surface area contributed by atoms with Gasteiger partial charge in [-0.3, -0.25) is 9.59 Å². The van der Waals surface area contributed by atoms with Crippen molar-refractivity contribution in [2.24, 2.45) is 0 Å². The average Bonchev–Trinajstić information content (AvgIpc) is 2.77.